The number of halogens is 1. The summed E-state index contributed by atoms with van der Waals surface area (Å²) >= 11 is 3.49. The molecule has 0 unspecified atom stereocenters. The highest BCUT2D eigenvalue weighted by molar-refractivity contribution is 9.10. The second kappa shape index (κ2) is 9.07. The molecule has 0 spiro atoms. The zero-order chi connectivity index (χ0) is 19.9. The molecule has 0 aliphatic heterocycles. The molecule has 0 atom stereocenters. The number of hydrogen-bond acceptors (Lipinski definition) is 5. The van der Waals surface area contributed by atoms with E-state index in [2.05, 4.69) is 38.0 Å². The molecule has 0 bridgehead atoms. The number of nitrogens with one attached hydrogen (secondary N) is 1. The van der Waals surface area contributed by atoms with Gasteiger partial charge in [0.1, 0.15) is 23.4 Å². The minimum atomic E-state index is 0.393. The van der Waals surface area contributed by atoms with Crippen molar-refractivity contribution in [3.8, 4) is 23.6 Å². The Kier molecular flexibility index (Phi) is 6.31. The molecule has 0 saturated carbocycles. The quantitative estimate of drug-likeness (QED) is 0.411. The van der Waals surface area contributed by atoms with Crippen molar-refractivity contribution in [2.45, 2.75) is 12.8 Å². The zero-order valence-electron chi connectivity index (χ0n) is 15.2. The highest BCUT2D eigenvalue weighted by atomic mass is 79.9. The lowest BCUT2D eigenvalue weighted by atomic mass is 10.1. The van der Waals surface area contributed by atoms with Gasteiger partial charge < -0.3 is 14.5 Å². The minimum absolute atomic E-state index is 0.393. The number of fused-ring (bicyclic) bond motifs is 1. The maximum atomic E-state index is 9.64. The van der Waals surface area contributed by atoms with Crippen LogP contribution in [0.15, 0.2) is 40.9 Å². The highest BCUT2D eigenvalue weighted by Crippen LogP contribution is 2.35. The molecule has 0 aliphatic carbocycles. The number of nitrogens with zero attached hydrogens (tertiary/aromatic N) is 3. The Morgan fingerprint density at radius 1 is 1.25 bits per heavy atom. The van der Waals surface area contributed by atoms with Gasteiger partial charge in [0.15, 0.2) is 0 Å². The van der Waals surface area contributed by atoms with Crippen molar-refractivity contribution < 1.29 is 9.47 Å². The number of ether oxygens (including phenoxy) is 2. The van der Waals surface area contributed by atoms with Crippen molar-refractivity contribution in [2.75, 3.05) is 13.7 Å². The Labute approximate surface area is 171 Å². The summed E-state index contributed by atoms with van der Waals surface area (Å²) in [6, 6.07) is 15.5. The predicted molar refractivity (Wildman–Crippen MR) is 111 cm³/mol. The topological polar surface area (TPSA) is 94.7 Å². The van der Waals surface area contributed by atoms with Crippen molar-refractivity contribution >= 4 is 38.6 Å². The summed E-state index contributed by atoms with van der Waals surface area (Å²) in [7, 11) is 1.56. The monoisotopic (exact) mass is 436 g/mol. The highest BCUT2D eigenvalue weighted by Gasteiger charge is 2.13. The molecular weight excluding hydrogens is 420 g/mol. The first-order chi connectivity index (χ1) is 13.7. The zero-order valence-corrected chi connectivity index (χ0v) is 16.8. The van der Waals surface area contributed by atoms with Crippen molar-refractivity contribution in [1.29, 1.82) is 10.5 Å². The summed E-state index contributed by atoms with van der Waals surface area (Å²) in [6.45, 7) is 0.437. The van der Waals surface area contributed by atoms with E-state index in [9.17, 15) is 5.26 Å². The van der Waals surface area contributed by atoms with Gasteiger partial charge in [0.25, 0.3) is 0 Å². The van der Waals surface area contributed by atoms with Gasteiger partial charge in [0.2, 0.25) is 0 Å². The Balaban J connectivity index is 1.93. The molecule has 0 aliphatic rings. The summed E-state index contributed by atoms with van der Waals surface area (Å²) in [4.78, 5) is 7.65. The molecular formula is C21H17BrN4O2. The number of benzene rings is 2. The number of aromatic amines is 1. The average Bonchev–Trinajstić information content (AvgIpc) is 3.14. The molecule has 0 radical (unpaired) electrons. The van der Waals surface area contributed by atoms with Crippen LogP contribution in [-0.4, -0.2) is 23.7 Å². The van der Waals surface area contributed by atoms with E-state index in [0.717, 1.165) is 21.1 Å². The van der Waals surface area contributed by atoms with Gasteiger partial charge in [0, 0.05) is 18.1 Å². The third-order valence-corrected chi connectivity index (χ3v) is 4.66. The van der Waals surface area contributed by atoms with Crippen LogP contribution < -0.4 is 9.47 Å². The van der Waals surface area contributed by atoms with E-state index in [-0.39, 0.29) is 0 Å². The van der Waals surface area contributed by atoms with Crippen LogP contribution in [0.4, 0.5) is 0 Å². The van der Waals surface area contributed by atoms with Crippen molar-refractivity contribution in [2.24, 2.45) is 0 Å². The number of unbranched alkanes of at least 4 members (excludes halogenated alkanes) is 1. The van der Waals surface area contributed by atoms with Gasteiger partial charge in [-0.15, -0.1) is 0 Å². The van der Waals surface area contributed by atoms with E-state index in [1.807, 2.05) is 30.3 Å². The summed E-state index contributed by atoms with van der Waals surface area (Å²) in [5.41, 5.74) is 2.78. The number of allylic oxidation sites excluding steroid dienone is 1. The second-order valence-electron chi connectivity index (χ2n) is 5.91. The molecule has 1 heterocycles. The summed E-state index contributed by atoms with van der Waals surface area (Å²) in [6.07, 6.45) is 2.82. The van der Waals surface area contributed by atoms with Crippen molar-refractivity contribution in [3.63, 3.8) is 0 Å². The molecule has 2 aromatic carbocycles. The fraction of sp³-hybridized carbons (Fsp3) is 0.190. The van der Waals surface area contributed by atoms with Crippen LogP contribution in [-0.2, 0) is 0 Å². The number of rotatable bonds is 7. The summed E-state index contributed by atoms with van der Waals surface area (Å²) in [5.74, 6) is 1.69. The maximum Gasteiger partial charge on any atom is 0.149 e. The molecule has 0 saturated heterocycles. The van der Waals surface area contributed by atoms with Gasteiger partial charge in [-0.25, -0.2) is 4.98 Å². The number of H-pyrrole nitrogens is 1. The first kappa shape index (κ1) is 19.5. The summed E-state index contributed by atoms with van der Waals surface area (Å²) < 4.78 is 11.9. The Hall–Kier alpha value is -3.29. The van der Waals surface area contributed by atoms with E-state index >= 15 is 0 Å². The lowest BCUT2D eigenvalue weighted by Crippen LogP contribution is -1.99. The molecule has 6 nitrogen and oxygen atoms in total. The fourth-order valence-corrected chi connectivity index (χ4v) is 3.15. The Morgan fingerprint density at radius 3 is 2.79 bits per heavy atom. The van der Waals surface area contributed by atoms with E-state index in [4.69, 9.17) is 14.7 Å². The Morgan fingerprint density at radius 2 is 2.07 bits per heavy atom. The van der Waals surface area contributed by atoms with Gasteiger partial charge in [-0.1, -0.05) is 12.1 Å². The lowest BCUT2D eigenvalue weighted by Gasteiger charge is -2.12. The van der Waals surface area contributed by atoms with Gasteiger partial charge >= 0.3 is 0 Å². The molecule has 1 N–H and O–H groups in total. The van der Waals surface area contributed by atoms with Crippen LogP contribution in [0.2, 0.25) is 0 Å². The number of hydrogen-bond donors (Lipinski definition) is 1. The molecule has 0 amide bonds. The summed E-state index contributed by atoms with van der Waals surface area (Å²) in [5, 5.41) is 18.2. The van der Waals surface area contributed by atoms with Gasteiger partial charge in [0.05, 0.1) is 40.9 Å². The number of nitriles is 2. The fourth-order valence-electron chi connectivity index (χ4n) is 2.67. The van der Waals surface area contributed by atoms with Gasteiger partial charge in [-0.3, -0.25) is 0 Å². The van der Waals surface area contributed by atoms with Crippen LogP contribution >= 0.6 is 15.9 Å². The van der Waals surface area contributed by atoms with Crippen LogP contribution in [0.1, 0.15) is 24.2 Å². The van der Waals surface area contributed by atoms with Crippen LogP contribution in [0.5, 0.6) is 11.5 Å². The number of para-hydroxylation sites is 2. The molecule has 0 fully saturated rings. The predicted octanol–water partition coefficient (Wildman–Crippen LogP) is 5.08. The normalized spacial score (nSPS) is 11.1. The SMILES string of the molecule is COc1cc(OCCCC#N)c(Br)cc1/C=C(\C#N)c1nc2ccccc2[nH]1. The van der Waals surface area contributed by atoms with E-state index in [1.165, 1.54) is 0 Å². The van der Waals surface area contributed by atoms with E-state index < -0.39 is 0 Å². The third-order valence-electron chi connectivity index (χ3n) is 4.04. The standard InChI is InChI=1S/C21H17BrN4O2/c1-27-19-12-20(28-9-5-4-8-23)16(22)11-14(19)10-15(13-24)21-25-17-6-2-3-7-18(17)26-21/h2-3,6-7,10-12H,4-5,9H2,1H3,(H,25,26)/b15-10+. The average molecular weight is 437 g/mol. The molecule has 1 aromatic heterocycles. The molecule has 3 rings (SSSR count). The molecule has 7 heteroatoms. The largest absolute Gasteiger partial charge is 0.496 e. The van der Waals surface area contributed by atoms with Gasteiger partial charge in [-0.05, 0) is 46.6 Å². The van der Waals surface area contributed by atoms with Crippen LogP contribution in [0, 0.1) is 22.7 Å². The molecule has 28 heavy (non-hydrogen) atoms. The lowest BCUT2D eigenvalue weighted by molar-refractivity contribution is 0.308. The van der Waals surface area contributed by atoms with E-state index in [0.29, 0.717) is 42.3 Å². The molecule has 140 valence electrons. The van der Waals surface area contributed by atoms with Gasteiger partial charge in [-0.2, -0.15) is 10.5 Å². The van der Waals surface area contributed by atoms with Crippen molar-refractivity contribution in [3.05, 3.63) is 52.3 Å². The van der Waals surface area contributed by atoms with Crippen LogP contribution in [0.25, 0.3) is 22.7 Å². The first-order valence-electron chi connectivity index (χ1n) is 8.60. The van der Waals surface area contributed by atoms with E-state index in [1.54, 1.807) is 19.3 Å². The van der Waals surface area contributed by atoms with Crippen LogP contribution in [0.3, 0.4) is 0 Å². The number of methoxy groups -OCH3 is 1. The smallest absolute Gasteiger partial charge is 0.149 e. The maximum absolute atomic E-state index is 9.64. The molecule has 3 aromatic rings. The third kappa shape index (κ3) is 4.33. The minimum Gasteiger partial charge on any atom is -0.496 e. The number of aromatic nitrogens is 2. The first-order valence-corrected chi connectivity index (χ1v) is 9.39. The second-order valence-corrected chi connectivity index (χ2v) is 6.76. The van der Waals surface area contributed by atoms with Crippen molar-refractivity contribution in [1.82, 2.24) is 9.97 Å². The number of imidazole rings is 1. The Bertz CT molecular complexity index is 1070.